The van der Waals surface area contributed by atoms with Crippen LogP contribution in [0.4, 0.5) is 10.1 Å². The third kappa shape index (κ3) is 5.18. The van der Waals surface area contributed by atoms with E-state index in [0.29, 0.717) is 18.1 Å². The fourth-order valence-electron chi connectivity index (χ4n) is 2.92. The van der Waals surface area contributed by atoms with Crippen molar-refractivity contribution in [2.24, 2.45) is 0 Å². The van der Waals surface area contributed by atoms with Crippen molar-refractivity contribution in [3.63, 3.8) is 0 Å². The molecule has 0 saturated carbocycles. The third-order valence-corrected chi connectivity index (χ3v) is 4.55. The highest BCUT2D eigenvalue weighted by Gasteiger charge is 2.19. The van der Waals surface area contributed by atoms with Crippen molar-refractivity contribution in [2.45, 2.75) is 6.54 Å². The molecule has 0 radical (unpaired) electrons. The van der Waals surface area contributed by atoms with E-state index in [1.165, 1.54) is 12.1 Å². The Bertz CT molecular complexity index is 715. The molecule has 4 nitrogen and oxygen atoms in total. The number of benzene rings is 2. The maximum atomic E-state index is 13.0. The Morgan fingerprint density at radius 2 is 1.80 bits per heavy atom. The number of rotatable bonds is 5. The van der Waals surface area contributed by atoms with Gasteiger partial charge in [0.05, 0.1) is 6.54 Å². The van der Waals surface area contributed by atoms with Crippen LogP contribution in [-0.4, -0.2) is 43.5 Å². The van der Waals surface area contributed by atoms with Gasteiger partial charge in [0.25, 0.3) is 0 Å². The maximum Gasteiger partial charge on any atom is 0.234 e. The Balaban J connectivity index is 1.42. The average molecular weight is 362 g/mol. The fraction of sp³-hybridized carbons (Fsp3) is 0.316. The highest BCUT2D eigenvalue weighted by atomic mass is 35.5. The topological polar surface area (TPSA) is 35.6 Å². The van der Waals surface area contributed by atoms with Crippen LogP contribution in [0.3, 0.4) is 0 Å². The minimum Gasteiger partial charge on any atom is -0.369 e. The van der Waals surface area contributed by atoms with Gasteiger partial charge < -0.3 is 10.2 Å². The van der Waals surface area contributed by atoms with Gasteiger partial charge in [-0.25, -0.2) is 4.39 Å². The zero-order valence-corrected chi connectivity index (χ0v) is 14.7. The van der Waals surface area contributed by atoms with E-state index in [9.17, 15) is 9.18 Å². The van der Waals surface area contributed by atoms with E-state index in [4.69, 9.17) is 11.6 Å². The molecule has 1 amide bonds. The lowest BCUT2D eigenvalue weighted by Gasteiger charge is -2.35. The molecule has 0 aromatic heterocycles. The van der Waals surface area contributed by atoms with Crippen molar-refractivity contribution in [1.82, 2.24) is 10.2 Å². The van der Waals surface area contributed by atoms with Crippen LogP contribution in [0, 0.1) is 5.82 Å². The van der Waals surface area contributed by atoms with Gasteiger partial charge in [0.2, 0.25) is 5.91 Å². The number of anilines is 1. The minimum absolute atomic E-state index is 0.00945. The van der Waals surface area contributed by atoms with Crippen LogP contribution in [0.1, 0.15) is 5.56 Å². The number of hydrogen-bond acceptors (Lipinski definition) is 3. The summed E-state index contributed by atoms with van der Waals surface area (Å²) in [7, 11) is 0. The molecule has 0 aliphatic carbocycles. The zero-order valence-electron chi connectivity index (χ0n) is 13.9. The van der Waals surface area contributed by atoms with Crippen LogP contribution in [0.25, 0.3) is 0 Å². The molecule has 3 rings (SSSR count). The summed E-state index contributed by atoms with van der Waals surface area (Å²) in [5.41, 5.74) is 2.01. The second-order valence-electron chi connectivity index (χ2n) is 6.15. The third-order valence-electron chi connectivity index (χ3n) is 4.31. The summed E-state index contributed by atoms with van der Waals surface area (Å²) >= 11 is 5.94. The second kappa shape index (κ2) is 8.32. The smallest absolute Gasteiger partial charge is 0.234 e. The molecule has 2 aromatic rings. The lowest BCUT2D eigenvalue weighted by atomic mass is 10.2. The van der Waals surface area contributed by atoms with Crippen LogP contribution < -0.4 is 10.2 Å². The molecule has 25 heavy (non-hydrogen) atoms. The second-order valence-corrected chi connectivity index (χ2v) is 6.58. The van der Waals surface area contributed by atoms with E-state index in [0.717, 1.165) is 37.4 Å². The van der Waals surface area contributed by atoms with Crippen molar-refractivity contribution < 1.29 is 9.18 Å². The van der Waals surface area contributed by atoms with Gasteiger partial charge in [-0.3, -0.25) is 9.69 Å². The van der Waals surface area contributed by atoms with Crippen LogP contribution in [0.5, 0.6) is 0 Å². The van der Waals surface area contributed by atoms with E-state index in [1.807, 2.05) is 24.3 Å². The number of carbonyl (C=O) groups excluding carboxylic acids is 1. The molecule has 0 bridgehead atoms. The lowest BCUT2D eigenvalue weighted by molar-refractivity contribution is -0.122. The van der Waals surface area contributed by atoms with Crippen molar-refractivity contribution >= 4 is 23.2 Å². The van der Waals surface area contributed by atoms with E-state index >= 15 is 0 Å². The van der Waals surface area contributed by atoms with Crippen molar-refractivity contribution in [1.29, 1.82) is 0 Å². The van der Waals surface area contributed by atoms with Gasteiger partial charge in [0.15, 0.2) is 0 Å². The minimum atomic E-state index is -0.223. The largest absolute Gasteiger partial charge is 0.369 e. The summed E-state index contributed by atoms with van der Waals surface area (Å²) in [5.74, 6) is -0.214. The van der Waals surface area contributed by atoms with Crippen molar-refractivity contribution in [3.8, 4) is 0 Å². The van der Waals surface area contributed by atoms with Gasteiger partial charge in [-0.1, -0.05) is 23.7 Å². The molecular formula is C19H21ClFN3O. The van der Waals surface area contributed by atoms with Crippen molar-refractivity contribution in [2.75, 3.05) is 37.6 Å². The van der Waals surface area contributed by atoms with Gasteiger partial charge in [-0.2, -0.15) is 0 Å². The first kappa shape index (κ1) is 17.7. The Labute approximate surface area is 152 Å². The van der Waals surface area contributed by atoms with Crippen LogP contribution in [-0.2, 0) is 11.3 Å². The quantitative estimate of drug-likeness (QED) is 0.889. The number of piperazine rings is 1. The number of nitrogens with zero attached hydrogens (tertiary/aromatic N) is 2. The van der Waals surface area contributed by atoms with Crippen LogP contribution in [0.15, 0.2) is 48.5 Å². The number of nitrogens with one attached hydrogen (secondary N) is 1. The summed E-state index contributed by atoms with van der Waals surface area (Å²) in [6.45, 7) is 4.14. The number of carbonyl (C=O) groups is 1. The number of amides is 1. The van der Waals surface area contributed by atoms with E-state index in [-0.39, 0.29) is 11.7 Å². The standard InChI is InChI=1S/C19H21ClFN3O/c20-16-3-1-2-15(12-16)13-22-19(25)14-23-8-10-24(11-9-23)18-6-4-17(21)5-7-18/h1-7,12H,8-11,13-14H2,(H,22,25). The normalized spacial score (nSPS) is 15.2. The molecule has 6 heteroatoms. The fourth-order valence-corrected chi connectivity index (χ4v) is 3.14. The van der Waals surface area contributed by atoms with Crippen LogP contribution in [0.2, 0.25) is 5.02 Å². The van der Waals surface area contributed by atoms with Crippen molar-refractivity contribution in [3.05, 3.63) is 64.9 Å². The molecule has 1 aliphatic heterocycles. The Hall–Kier alpha value is -2.11. The predicted molar refractivity (Wildman–Crippen MR) is 98.4 cm³/mol. The molecule has 1 N–H and O–H groups in total. The first-order valence-corrected chi connectivity index (χ1v) is 8.72. The molecule has 1 saturated heterocycles. The summed E-state index contributed by atoms with van der Waals surface area (Å²) in [5, 5.41) is 3.60. The van der Waals surface area contributed by atoms with Gasteiger partial charge >= 0.3 is 0 Å². The Morgan fingerprint density at radius 1 is 1.08 bits per heavy atom. The molecule has 1 aliphatic rings. The molecule has 0 spiro atoms. The highest BCUT2D eigenvalue weighted by molar-refractivity contribution is 6.30. The number of halogens is 2. The first-order valence-electron chi connectivity index (χ1n) is 8.34. The molecule has 1 heterocycles. The van der Waals surface area contributed by atoms with Gasteiger partial charge in [-0.15, -0.1) is 0 Å². The van der Waals surface area contributed by atoms with Crippen LogP contribution >= 0.6 is 11.6 Å². The molecule has 132 valence electrons. The summed E-state index contributed by atoms with van der Waals surface area (Å²) < 4.78 is 13.0. The molecular weight excluding hydrogens is 341 g/mol. The molecule has 0 unspecified atom stereocenters. The summed E-state index contributed by atoms with van der Waals surface area (Å²) in [6, 6.07) is 14.0. The average Bonchev–Trinajstić information content (AvgIpc) is 2.62. The number of hydrogen-bond donors (Lipinski definition) is 1. The first-order chi connectivity index (χ1) is 12.1. The highest BCUT2D eigenvalue weighted by Crippen LogP contribution is 2.16. The SMILES string of the molecule is O=C(CN1CCN(c2ccc(F)cc2)CC1)NCc1cccc(Cl)c1. The van der Waals surface area contributed by atoms with E-state index < -0.39 is 0 Å². The Kier molecular flexibility index (Phi) is 5.89. The lowest BCUT2D eigenvalue weighted by Crippen LogP contribution is -2.49. The maximum absolute atomic E-state index is 13.0. The molecule has 1 fully saturated rings. The van der Waals surface area contributed by atoms with Gasteiger partial charge in [0.1, 0.15) is 5.82 Å². The Morgan fingerprint density at radius 3 is 2.48 bits per heavy atom. The molecule has 0 atom stereocenters. The van der Waals surface area contributed by atoms with E-state index in [1.54, 1.807) is 12.1 Å². The summed E-state index contributed by atoms with van der Waals surface area (Å²) in [6.07, 6.45) is 0. The zero-order chi connectivity index (χ0) is 17.6. The molecule has 2 aromatic carbocycles. The van der Waals surface area contributed by atoms with E-state index in [2.05, 4.69) is 15.1 Å². The monoisotopic (exact) mass is 361 g/mol. The van der Waals surface area contributed by atoms with Gasteiger partial charge in [0, 0.05) is 43.4 Å². The van der Waals surface area contributed by atoms with Gasteiger partial charge in [-0.05, 0) is 42.0 Å². The predicted octanol–water partition coefficient (Wildman–Crippen LogP) is 2.92. The summed E-state index contributed by atoms with van der Waals surface area (Å²) in [4.78, 5) is 16.5.